The largest absolute Gasteiger partial charge is 0.469 e. The number of carbonyl (C=O) groups is 3. The molecule has 2 amide bonds. The molecule has 10 heteroatoms. The van der Waals surface area contributed by atoms with Gasteiger partial charge in [0.05, 0.1) is 41.7 Å². The number of amides is 2. The van der Waals surface area contributed by atoms with E-state index in [0.717, 1.165) is 27.8 Å². The fourth-order valence-electron chi connectivity index (χ4n) is 4.31. The first kappa shape index (κ1) is 25.4. The third-order valence-corrected chi connectivity index (χ3v) is 7.69. The summed E-state index contributed by atoms with van der Waals surface area (Å²) >= 11 is 7.56. The quantitative estimate of drug-likeness (QED) is 0.566. The van der Waals surface area contributed by atoms with Crippen molar-refractivity contribution in [1.82, 2.24) is 4.90 Å². The molecule has 0 saturated carbocycles. The van der Waals surface area contributed by atoms with Crippen LogP contribution in [0.25, 0.3) is 0 Å². The molecule has 0 aromatic heterocycles. The van der Waals surface area contributed by atoms with Crippen molar-refractivity contribution in [1.29, 1.82) is 5.26 Å². The van der Waals surface area contributed by atoms with Gasteiger partial charge in [0, 0.05) is 10.7 Å². The molecule has 1 saturated heterocycles. The van der Waals surface area contributed by atoms with Gasteiger partial charge in [-0.1, -0.05) is 59.3 Å². The summed E-state index contributed by atoms with van der Waals surface area (Å²) in [6, 6.07) is 14.5. The molecule has 2 atom stereocenters. The Morgan fingerprint density at radius 3 is 2.61 bits per heavy atom. The summed E-state index contributed by atoms with van der Waals surface area (Å²) in [5.41, 5.74) is 9.50. The van der Waals surface area contributed by atoms with Crippen LogP contribution in [0.4, 0.5) is 5.69 Å². The molecule has 2 aromatic rings. The van der Waals surface area contributed by atoms with Crippen LogP contribution in [-0.4, -0.2) is 35.0 Å². The number of halogens is 1. The molecule has 2 aliphatic heterocycles. The zero-order valence-electron chi connectivity index (χ0n) is 19.8. The van der Waals surface area contributed by atoms with Crippen LogP contribution in [0.15, 0.2) is 64.5 Å². The highest BCUT2D eigenvalue weighted by Crippen LogP contribution is 2.51. The van der Waals surface area contributed by atoms with E-state index in [0.29, 0.717) is 16.3 Å². The smallest absolute Gasteiger partial charge is 0.307 e. The Labute approximate surface area is 217 Å². The standard InChI is InChI=1S/C26H23ClN4O4S/c1-13-8-9-18(14(2)10-13)30-24(33)22-21(15-6-4-5-7-17(15)27)16(12-28)23(29)31-25(34)19(36-26(22)31)11-20(32)35-3/h4-10,19,21H,11,29H2,1-3H3,(H,30,33). The number of esters is 1. The van der Waals surface area contributed by atoms with E-state index in [-0.39, 0.29) is 28.4 Å². The van der Waals surface area contributed by atoms with Gasteiger partial charge in [-0.3, -0.25) is 19.3 Å². The molecule has 1 fully saturated rings. The molecule has 0 radical (unpaired) electrons. The summed E-state index contributed by atoms with van der Waals surface area (Å²) in [5, 5.41) is 12.8. The number of hydrogen-bond donors (Lipinski definition) is 2. The number of aryl methyl sites for hydroxylation is 2. The lowest BCUT2D eigenvalue weighted by molar-refractivity contribution is -0.142. The highest BCUT2D eigenvalue weighted by atomic mass is 35.5. The van der Waals surface area contributed by atoms with Gasteiger partial charge in [-0.05, 0) is 37.1 Å². The fourth-order valence-corrected chi connectivity index (χ4v) is 5.88. The number of nitrogens with two attached hydrogens (primary N) is 1. The van der Waals surface area contributed by atoms with Crippen molar-refractivity contribution in [2.75, 3.05) is 12.4 Å². The lowest BCUT2D eigenvalue weighted by Gasteiger charge is -2.32. The van der Waals surface area contributed by atoms with E-state index in [1.165, 1.54) is 7.11 Å². The van der Waals surface area contributed by atoms with Gasteiger partial charge in [0.25, 0.3) is 5.91 Å². The molecule has 2 heterocycles. The Morgan fingerprint density at radius 2 is 1.97 bits per heavy atom. The molecule has 4 rings (SSSR count). The van der Waals surface area contributed by atoms with Crippen LogP contribution < -0.4 is 11.1 Å². The molecule has 2 aromatic carbocycles. The molecule has 36 heavy (non-hydrogen) atoms. The van der Waals surface area contributed by atoms with Gasteiger partial charge in [-0.2, -0.15) is 5.26 Å². The van der Waals surface area contributed by atoms with E-state index >= 15 is 0 Å². The van der Waals surface area contributed by atoms with E-state index in [2.05, 4.69) is 11.4 Å². The number of thioether (sulfide) groups is 1. The van der Waals surface area contributed by atoms with Crippen LogP contribution in [0.2, 0.25) is 5.02 Å². The van der Waals surface area contributed by atoms with E-state index in [4.69, 9.17) is 22.1 Å². The molecule has 184 valence electrons. The molecule has 0 spiro atoms. The third-order valence-electron chi connectivity index (χ3n) is 6.07. The number of nitriles is 1. The number of hydrogen-bond acceptors (Lipinski definition) is 7. The van der Waals surface area contributed by atoms with Gasteiger partial charge < -0.3 is 15.8 Å². The number of carbonyl (C=O) groups excluding carboxylic acids is 3. The summed E-state index contributed by atoms with van der Waals surface area (Å²) in [6.07, 6.45) is -0.210. The molecule has 0 bridgehead atoms. The Morgan fingerprint density at radius 1 is 1.25 bits per heavy atom. The molecule has 8 nitrogen and oxygen atoms in total. The van der Waals surface area contributed by atoms with E-state index in [1.807, 2.05) is 26.0 Å². The maximum absolute atomic E-state index is 13.9. The molecular weight excluding hydrogens is 500 g/mol. The highest BCUT2D eigenvalue weighted by Gasteiger charge is 2.49. The minimum absolute atomic E-state index is 0.0188. The maximum atomic E-state index is 13.9. The predicted octanol–water partition coefficient (Wildman–Crippen LogP) is 4.11. The number of rotatable bonds is 5. The Hall–Kier alpha value is -3.74. The fraction of sp³-hybridized carbons (Fsp3) is 0.231. The highest BCUT2D eigenvalue weighted by molar-refractivity contribution is 8.04. The van der Waals surface area contributed by atoms with Crippen molar-refractivity contribution >= 4 is 46.8 Å². The number of allylic oxidation sites excluding steroid dienone is 1. The molecular formula is C26H23ClN4O4S. The van der Waals surface area contributed by atoms with Crippen molar-refractivity contribution in [2.45, 2.75) is 31.4 Å². The number of anilines is 1. The first-order valence-electron chi connectivity index (χ1n) is 11.0. The molecule has 2 aliphatic rings. The minimum atomic E-state index is -0.919. The Bertz CT molecular complexity index is 1390. The van der Waals surface area contributed by atoms with Crippen LogP contribution >= 0.6 is 23.4 Å². The van der Waals surface area contributed by atoms with Crippen LogP contribution in [-0.2, 0) is 19.1 Å². The van der Waals surface area contributed by atoms with Crippen LogP contribution in [0.3, 0.4) is 0 Å². The second kappa shape index (κ2) is 10.1. The zero-order valence-corrected chi connectivity index (χ0v) is 21.4. The Kier molecular flexibility index (Phi) is 7.11. The Balaban J connectivity index is 1.90. The zero-order chi connectivity index (χ0) is 26.1. The van der Waals surface area contributed by atoms with Crippen molar-refractivity contribution in [3.05, 3.63) is 86.2 Å². The van der Waals surface area contributed by atoms with Crippen molar-refractivity contribution in [3.63, 3.8) is 0 Å². The second-order valence-corrected chi connectivity index (χ2v) is 10.0. The summed E-state index contributed by atoms with van der Waals surface area (Å²) in [7, 11) is 1.23. The van der Waals surface area contributed by atoms with E-state index in [1.54, 1.807) is 30.3 Å². The number of methoxy groups -OCH3 is 1. The molecule has 3 N–H and O–H groups in total. The number of nitrogens with one attached hydrogen (secondary N) is 1. The molecule has 0 aliphatic carbocycles. The molecule has 2 unspecified atom stereocenters. The summed E-state index contributed by atoms with van der Waals surface area (Å²) < 4.78 is 4.73. The van der Waals surface area contributed by atoms with Gasteiger partial charge in [0.2, 0.25) is 5.91 Å². The van der Waals surface area contributed by atoms with Crippen molar-refractivity contribution in [3.8, 4) is 6.07 Å². The first-order valence-corrected chi connectivity index (χ1v) is 12.3. The van der Waals surface area contributed by atoms with Crippen molar-refractivity contribution < 1.29 is 19.1 Å². The summed E-state index contributed by atoms with van der Waals surface area (Å²) in [5.74, 6) is -2.59. The van der Waals surface area contributed by atoms with Gasteiger partial charge in [-0.25, -0.2) is 0 Å². The van der Waals surface area contributed by atoms with Crippen LogP contribution in [0.1, 0.15) is 29.0 Å². The predicted molar refractivity (Wildman–Crippen MR) is 137 cm³/mol. The second-order valence-electron chi connectivity index (χ2n) is 8.42. The van der Waals surface area contributed by atoms with E-state index in [9.17, 15) is 19.6 Å². The SMILES string of the molecule is COC(=O)CC1SC2=C(C(=O)Nc3ccc(C)cc3C)C(c3ccccc3Cl)C(C#N)=C(N)N2C1=O. The average Bonchev–Trinajstić information content (AvgIpc) is 3.16. The lowest BCUT2D eigenvalue weighted by Crippen LogP contribution is -2.39. The first-order chi connectivity index (χ1) is 17.2. The van der Waals surface area contributed by atoms with Gasteiger partial charge in [-0.15, -0.1) is 0 Å². The number of nitrogens with zero attached hydrogens (tertiary/aromatic N) is 2. The van der Waals surface area contributed by atoms with Gasteiger partial charge in [0.15, 0.2) is 0 Å². The van der Waals surface area contributed by atoms with Gasteiger partial charge >= 0.3 is 5.97 Å². The third kappa shape index (κ3) is 4.45. The topological polar surface area (TPSA) is 126 Å². The lowest BCUT2D eigenvalue weighted by atomic mass is 9.82. The maximum Gasteiger partial charge on any atom is 0.307 e. The number of fused-ring (bicyclic) bond motifs is 1. The van der Waals surface area contributed by atoms with Crippen molar-refractivity contribution in [2.24, 2.45) is 5.73 Å². The summed E-state index contributed by atoms with van der Waals surface area (Å²) in [6.45, 7) is 3.82. The summed E-state index contributed by atoms with van der Waals surface area (Å²) in [4.78, 5) is 40.3. The van der Waals surface area contributed by atoms with Crippen LogP contribution in [0, 0.1) is 25.2 Å². The number of ether oxygens (including phenoxy) is 1. The average molecular weight is 523 g/mol. The van der Waals surface area contributed by atoms with Gasteiger partial charge in [0.1, 0.15) is 11.1 Å². The normalized spacial score (nSPS) is 19.2. The van der Waals surface area contributed by atoms with E-state index < -0.39 is 29.0 Å². The minimum Gasteiger partial charge on any atom is -0.469 e. The number of benzene rings is 2. The monoisotopic (exact) mass is 522 g/mol. The van der Waals surface area contributed by atoms with Crippen LogP contribution in [0.5, 0.6) is 0 Å².